The Kier molecular flexibility index (Phi) is 306. The zero-order valence-electron chi connectivity index (χ0n) is 1.91. The molecule has 0 rings (SSSR count). The van der Waals surface area contributed by atoms with E-state index in [4.69, 9.17) is 0 Å². The molecule has 0 aliphatic carbocycles. The molecule has 2 N–H and O–H groups in total. The van der Waals surface area contributed by atoms with Crippen molar-refractivity contribution in [1.29, 1.82) is 0 Å². The van der Waals surface area contributed by atoms with Gasteiger partial charge in [0.2, 0.25) is 0 Å². The van der Waals surface area contributed by atoms with Gasteiger partial charge in [-0.3, -0.25) is 0 Å². The van der Waals surface area contributed by atoms with E-state index < -0.39 is 0 Å². The van der Waals surface area contributed by atoms with Gasteiger partial charge in [0, 0.05) is 0 Å². The first-order valence-electron chi connectivity index (χ1n) is 0.500. The standard InChI is InChI=1S/C2H4.Na.H2O.H/c1-2;;;/h1-2H2;;1H2;. The normalized spacial score (nSPS) is 1.00. The Bertz CT molecular complexity index is 6.00. The Hall–Kier alpha value is 0.700. The Morgan fingerprint density at radius 2 is 1.00 bits per heavy atom. The van der Waals surface area contributed by atoms with E-state index in [1.54, 1.807) is 0 Å². The van der Waals surface area contributed by atoms with Gasteiger partial charge in [-0.05, 0) is 0 Å². The molecule has 0 spiro atoms. The maximum absolute atomic E-state index is 3.00. The van der Waals surface area contributed by atoms with Gasteiger partial charge < -0.3 is 5.48 Å². The maximum atomic E-state index is 3.00. The van der Waals surface area contributed by atoms with Crippen LogP contribution < -0.4 is 0 Å². The topological polar surface area (TPSA) is 31.5 Å². The fourth-order valence-corrected chi connectivity index (χ4v) is 0. The van der Waals surface area contributed by atoms with Crippen molar-refractivity contribution in [3.05, 3.63) is 13.2 Å². The van der Waals surface area contributed by atoms with E-state index in [2.05, 4.69) is 13.2 Å². The summed E-state index contributed by atoms with van der Waals surface area (Å²) in [5.41, 5.74) is 0. The molecule has 0 aromatic carbocycles. The molecule has 0 radical (unpaired) electrons. The Balaban J connectivity index is -0.00000000500. The van der Waals surface area contributed by atoms with Crippen LogP contribution in [0, 0.1) is 0 Å². The second-order valence-electron chi connectivity index (χ2n) is 0. The molecule has 0 fully saturated rings. The van der Waals surface area contributed by atoms with E-state index in [-0.39, 0.29) is 35.0 Å². The van der Waals surface area contributed by atoms with Gasteiger partial charge in [-0.2, -0.15) is 0 Å². The SMILES string of the molecule is C=C.O.[NaH]. The van der Waals surface area contributed by atoms with Gasteiger partial charge in [0.1, 0.15) is 0 Å². The summed E-state index contributed by atoms with van der Waals surface area (Å²) in [5.74, 6) is 0. The number of hydrogen-bond donors (Lipinski definition) is 0. The van der Waals surface area contributed by atoms with Crippen molar-refractivity contribution >= 4 is 29.6 Å². The average molecular weight is 70.1 g/mol. The van der Waals surface area contributed by atoms with Gasteiger partial charge in [-0.15, -0.1) is 13.2 Å². The third-order valence-corrected chi connectivity index (χ3v) is 0. The summed E-state index contributed by atoms with van der Waals surface area (Å²) in [4.78, 5) is 0. The van der Waals surface area contributed by atoms with Crippen LogP contribution in [0.5, 0.6) is 0 Å². The average Bonchev–Trinajstić information content (AvgIpc) is 1.00. The van der Waals surface area contributed by atoms with Gasteiger partial charge in [-0.1, -0.05) is 0 Å². The van der Waals surface area contributed by atoms with Crippen LogP contribution in [0.15, 0.2) is 13.2 Å². The fourth-order valence-electron chi connectivity index (χ4n) is 0. The van der Waals surface area contributed by atoms with E-state index in [0.717, 1.165) is 0 Å². The number of hydrogen-bond acceptors (Lipinski definition) is 0. The van der Waals surface area contributed by atoms with Crippen molar-refractivity contribution in [2.75, 3.05) is 0 Å². The summed E-state index contributed by atoms with van der Waals surface area (Å²) < 4.78 is 0. The zero-order chi connectivity index (χ0) is 2.00. The summed E-state index contributed by atoms with van der Waals surface area (Å²) in [6, 6.07) is 0. The first-order chi connectivity index (χ1) is 1.00. The molecular formula is C2H7NaO. The zero-order valence-corrected chi connectivity index (χ0v) is 1.91. The summed E-state index contributed by atoms with van der Waals surface area (Å²) in [6.45, 7) is 6.00. The van der Waals surface area contributed by atoms with Crippen molar-refractivity contribution in [2.45, 2.75) is 0 Å². The van der Waals surface area contributed by atoms with Crippen LogP contribution in [0.25, 0.3) is 0 Å². The summed E-state index contributed by atoms with van der Waals surface area (Å²) in [6.07, 6.45) is 0. The molecule has 0 atom stereocenters. The summed E-state index contributed by atoms with van der Waals surface area (Å²) in [5, 5.41) is 0. The summed E-state index contributed by atoms with van der Waals surface area (Å²) >= 11 is 0. The molecule has 1 nitrogen and oxygen atoms in total. The van der Waals surface area contributed by atoms with Crippen LogP contribution in [0.2, 0.25) is 0 Å². The van der Waals surface area contributed by atoms with Gasteiger partial charge in [0.25, 0.3) is 0 Å². The quantitative estimate of drug-likeness (QED) is 0.267. The van der Waals surface area contributed by atoms with Crippen LogP contribution in [0.1, 0.15) is 0 Å². The molecule has 0 aliphatic rings. The molecule has 0 heterocycles. The van der Waals surface area contributed by atoms with E-state index in [9.17, 15) is 0 Å². The van der Waals surface area contributed by atoms with Crippen molar-refractivity contribution < 1.29 is 5.48 Å². The molecule has 22 valence electrons. The van der Waals surface area contributed by atoms with Gasteiger partial charge >= 0.3 is 29.6 Å². The predicted molar refractivity (Wildman–Crippen MR) is 22.0 cm³/mol. The molecule has 0 unspecified atom stereocenters. The Labute approximate surface area is 48.3 Å². The van der Waals surface area contributed by atoms with Gasteiger partial charge in [0.05, 0.1) is 0 Å². The molecule has 0 aromatic rings. The molecule has 0 aliphatic heterocycles. The van der Waals surface area contributed by atoms with Gasteiger partial charge in [-0.25, -0.2) is 0 Å². The summed E-state index contributed by atoms with van der Waals surface area (Å²) in [7, 11) is 0. The van der Waals surface area contributed by atoms with Crippen LogP contribution in [-0.2, 0) is 0 Å². The predicted octanol–water partition coefficient (Wildman–Crippen LogP) is -0.671. The van der Waals surface area contributed by atoms with E-state index in [0.29, 0.717) is 0 Å². The third-order valence-electron chi connectivity index (χ3n) is 0. The van der Waals surface area contributed by atoms with Crippen molar-refractivity contribution in [1.82, 2.24) is 0 Å². The molecular weight excluding hydrogens is 63.0 g/mol. The van der Waals surface area contributed by atoms with Crippen molar-refractivity contribution in [2.24, 2.45) is 0 Å². The third kappa shape index (κ3) is 15.9. The van der Waals surface area contributed by atoms with Gasteiger partial charge in [0.15, 0.2) is 0 Å². The molecule has 4 heavy (non-hydrogen) atoms. The fraction of sp³-hybridized carbons (Fsp3) is 0. The monoisotopic (exact) mass is 70.0 g/mol. The molecule has 0 saturated heterocycles. The van der Waals surface area contributed by atoms with Crippen molar-refractivity contribution in [3.8, 4) is 0 Å². The van der Waals surface area contributed by atoms with Crippen molar-refractivity contribution in [3.63, 3.8) is 0 Å². The number of rotatable bonds is 0. The van der Waals surface area contributed by atoms with Crippen LogP contribution >= 0.6 is 0 Å². The molecule has 0 saturated carbocycles. The minimum absolute atomic E-state index is 0. The molecule has 0 bridgehead atoms. The van der Waals surface area contributed by atoms with Crippen LogP contribution in [-0.4, -0.2) is 35.0 Å². The minimum atomic E-state index is 0. The first kappa shape index (κ1) is 22.3. The van der Waals surface area contributed by atoms with E-state index in [1.807, 2.05) is 0 Å². The first-order valence-corrected chi connectivity index (χ1v) is 0.500. The Morgan fingerprint density at radius 1 is 1.00 bits per heavy atom. The van der Waals surface area contributed by atoms with Crippen LogP contribution in [0.4, 0.5) is 0 Å². The Morgan fingerprint density at radius 3 is 1.00 bits per heavy atom. The van der Waals surface area contributed by atoms with E-state index in [1.165, 1.54) is 0 Å². The molecule has 0 amide bonds. The second-order valence-corrected chi connectivity index (χ2v) is 0. The molecule has 2 heteroatoms. The van der Waals surface area contributed by atoms with Crippen LogP contribution in [0.3, 0.4) is 0 Å². The second kappa shape index (κ2) is 55.0. The molecule has 0 aromatic heterocycles. The van der Waals surface area contributed by atoms with E-state index >= 15 is 0 Å².